The Balaban J connectivity index is 2.13. The standard InChI is InChI=1S/C14H30N2O2/c1-12(2)18-10-13(17)9-15-11-14(3)5-7-16(4)8-6-14/h12-13,15,17H,5-11H2,1-4H3. The van der Waals surface area contributed by atoms with Gasteiger partial charge in [0.25, 0.3) is 0 Å². The maximum absolute atomic E-state index is 9.76. The molecule has 1 rings (SSSR count). The fourth-order valence-electron chi connectivity index (χ4n) is 2.24. The largest absolute Gasteiger partial charge is 0.389 e. The quantitative estimate of drug-likeness (QED) is 0.717. The number of ether oxygens (including phenoxy) is 1. The molecule has 18 heavy (non-hydrogen) atoms. The van der Waals surface area contributed by atoms with E-state index in [9.17, 15) is 5.11 Å². The van der Waals surface area contributed by atoms with Crippen LogP contribution in [0.25, 0.3) is 0 Å². The first-order valence-electron chi connectivity index (χ1n) is 7.10. The summed E-state index contributed by atoms with van der Waals surface area (Å²) in [6.45, 7) is 10.7. The molecule has 0 radical (unpaired) electrons. The Morgan fingerprint density at radius 2 is 1.94 bits per heavy atom. The smallest absolute Gasteiger partial charge is 0.0897 e. The predicted octanol–water partition coefficient (Wildman–Crippen LogP) is 1.09. The summed E-state index contributed by atoms with van der Waals surface area (Å²) in [5.74, 6) is 0. The van der Waals surface area contributed by atoms with Gasteiger partial charge in [-0.25, -0.2) is 0 Å². The molecule has 2 N–H and O–H groups in total. The normalized spacial score (nSPS) is 22.3. The number of rotatable bonds is 7. The van der Waals surface area contributed by atoms with E-state index >= 15 is 0 Å². The average molecular weight is 258 g/mol. The van der Waals surface area contributed by atoms with Gasteiger partial charge in [0.2, 0.25) is 0 Å². The van der Waals surface area contributed by atoms with E-state index in [4.69, 9.17) is 4.74 Å². The number of aliphatic hydroxyl groups excluding tert-OH is 1. The molecule has 0 aromatic rings. The highest BCUT2D eigenvalue weighted by atomic mass is 16.5. The Morgan fingerprint density at radius 1 is 1.33 bits per heavy atom. The van der Waals surface area contributed by atoms with Crippen molar-refractivity contribution in [1.82, 2.24) is 10.2 Å². The zero-order valence-electron chi connectivity index (χ0n) is 12.4. The SMILES string of the molecule is CC(C)OCC(O)CNCC1(C)CCN(C)CC1. The van der Waals surface area contributed by atoms with Gasteiger partial charge in [0, 0.05) is 13.1 Å². The van der Waals surface area contributed by atoms with Crippen molar-refractivity contribution in [2.45, 2.75) is 45.8 Å². The number of hydrogen-bond donors (Lipinski definition) is 2. The van der Waals surface area contributed by atoms with E-state index in [2.05, 4.69) is 24.2 Å². The second kappa shape index (κ2) is 7.43. The zero-order valence-corrected chi connectivity index (χ0v) is 12.4. The average Bonchev–Trinajstić information content (AvgIpc) is 2.31. The van der Waals surface area contributed by atoms with Crippen LogP contribution in [0.5, 0.6) is 0 Å². The van der Waals surface area contributed by atoms with Crippen LogP contribution in [0.4, 0.5) is 0 Å². The van der Waals surface area contributed by atoms with Crippen LogP contribution in [-0.2, 0) is 4.74 Å². The molecule has 0 bridgehead atoms. The predicted molar refractivity (Wildman–Crippen MR) is 74.8 cm³/mol. The number of likely N-dealkylation sites (tertiary alicyclic amines) is 1. The van der Waals surface area contributed by atoms with Gasteiger partial charge in [0.1, 0.15) is 0 Å². The van der Waals surface area contributed by atoms with Gasteiger partial charge in [0.15, 0.2) is 0 Å². The van der Waals surface area contributed by atoms with Gasteiger partial charge < -0.3 is 20.1 Å². The molecule has 1 heterocycles. The molecule has 1 aliphatic heterocycles. The molecule has 4 nitrogen and oxygen atoms in total. The molecule has 0 aliphatic carbocycles. The van der Waals surface area contributed by atoms with E-state index in [-0.39, 0.29) is 6.10 Å². The lowest BCUT2D eigenvalue weighted by Gasteiger charge is -2.38. The van der Waals surface area contributed by atoms with Gasteiger partial charge in [-0.3, -0.25) is 0 Å². The molecule has 0 aromatic heterocycles. The first-order valence-corrected chi connectivity index (χ1v) is 7.10. The van der Waals surface area contributed by atoms with Crippen LogP contribution in [0.3, 0.4) is 0 Å². The second-order valence-electron chi connectivity index (χ2n) is 6.28. The van der Waals surface area contributed by atoms with E-state index in [1.165, 1.54) is 25.9 Å². The molecule has 4 heteroatoms. The Hall–Kier alpha value is -0.160. The lowest BCUT2D eigenvalue weighted by Crippen LogP contribution is -2.44. The minimum Gasteiger partial charge on any atom is -0.389 e. The van der Waals surface area contributed by atoms with Crippen molar-refractivity contribution in [1.29, 1.82) is 0 Å². The molecule has 0 aromatic carbocycles. The Morgan fingerprint density at radius 3 is 2.50 bits per heavy atom. The van der Waals surface area contributed by atoms with Crippen molar-refractivity contribution in [3.8, 4) is 0 Å². The summed E-state index contributed by atoms with van der Waals surface area (Å²) in [6.07, 6.45) is 2.25. The Labute approximate surface area is 112 Å². The van der Waals surface area contributed by atoms with Crippen molar-refractivity contribution < 1.29 is 9.84 Å². The van der Waals surface area contributed by atoms with Crippen molar-refractivity contribution in [3.63, 3.8) is 0 Å². The van der Waals surface area contributed by atoms with E-state index in [0.29, 0.717) is 18.6 Å². The minimum atomic E-state index is -0.401. The molecular formula is C14H30N2O2. The highest BCUT2D eigenvalue weighted by Crippen LogP contribution is 2.29. The third-order valence-electron chi connectivity index (χ3n) is 3.75. The van der Waals surface area contributed by atoms with Crippen LogP contribution < -0.4 is 5.32 Å². The molecule has 1 fully saturated rings. The third-order valence-corrected chi connectivity index (χ3v) is 3.75. The fourth-order valence-corrected chi connectivity index (χ4v) is 2.24. The molecule has 0 amide bonds. The van der Waals surface area contributed by atoms with Crippen LogP contribution in [0.15, 0.2) is 0 Å². The van der Waals surface area contributed by atoms with E-state index in [1.807, 2.05) is 13.8 Å². The lowest BCUT2D eigenvalue weighted by atomic mass is 9.80. The fraction of sp³-hybridized carbons (Fsp3) is 1.00. The highest BCUT2D eigenvalue weighted by Gasteiger charge is 2.28. The van der Waals surface area contributed by atoms with E-state index in [0.717, 1.165) is 6.54 Å². The van der Waals surface area contributed by atoms with Gasteiger partial charge in [-0.15, -0.1) is 0 Å². The summed E-state index contributed by atoms with van der Waals surface area (Å²) in [6, 6.07) is 0. The first kappa shape index (κ1) is 15.9. The summed E-state index contributed by atoms with van der Waals surface area (Å²) in [4.78, 5) is 2.38. The summed E-state index contributed by atoms with van der Waals surface area (Å²) >= 11 is 0. The molecule has 108 valence electrons. The molecular weight excluding hydrogens is 228 g/mol. The number of nitrogens with one attached hydrogen (secondary N) is 1. The maximum Gasteiger partial charge on any atom is 0.0897 e. The minimum absolute atomic E-state index is 0.186. The highest BCUT2D eigenvalue weighted by molar-refractivity contribution is 4.83. The molecule has 1 atom stereocenters. The Bertz CT molecular complexity index is 226. The van der Waals surface area contributed by atoms with Gasteiger partial charge in [-0.1, -0.05) is 6.92 Å². The molecule has 1 saturated heterocycles. The number of aliphatic hydroxyl groups is 1. The van der Waals surface area contributed by atoms with Gasteiger partial charge >= 0.3 is 0 Å². The number of hydrogen-bond acceptors (Lipinski definition) is 4. The van der Waals surface area contributed by atoms with Crippen LogP contribution >= 0.6 is 0 Å². The van der Waals surface area contributed by atoms with Crippen LogP contribution in [0.1, 0.15) is 33.6 Å². The molecule has 1 unspecified atom stereocenters. The monoisotopic (exact) mass is 258 g/mol. The van der Waals surface area contributed by atoms with Crippen molar-refractivity contribution in [2.75, 3.05) is 39.8 Å². The van der Waals surface area contributed by atoms with E-state index < -0.39 is 6.10 Å². The van der Waals surface area contributed by atoms with Crippen LogP contribution in [0, 0.1) is 5.41 Å². The second-order valence-corrected chi connectivity index (χ2v) is 6.28. The first-order chi connectivity index (χ1) is 8.41. The summed E-state index contributed by atoms with van der Waals surface area (Å²) < 4.78 is 5.39. The van der Waals surface area contributed by atoms with Crippen molar-refractivity contribution >= 4 is 0 Å². The van der Waals surface area contributed by atoms with Gasteiger partial charge in [-0.05, 0) is 52.2 Å². The van der Waals surface area contributed by atoms with Gasteiger partial charge in [0.05, 0.1) is 18.8 Å². The topological polar surface area (TPSA) is 44.7 Å². The van der Waals surface area contributed by atoms with Crippen LogP contribution in [0.2, 0.25) is 0 Å². The number of piperidine rings is 1. The third kappa shape index (κ3) is 6.14. The molecule has 1 aliphatic rings. The lowest BCUT2D eigenvalue weighted by molar-refractivity contribution is 0.00490. The van der Waals surface area contributed by atoms with Crippen molar-refractivity contribution in [3.05, 3.63) is 0 Å². The van der Waals surface area contributed by atoms with Crippen molar-refractivity contribution in [2.24, 2.45) is 5.41 Å². The van der Waals surface area contributed by atoms with E-state index in [1.54, 1.807) is 0 Å². The molecule has 0 saturated carbocycles. The number of nitrogens with zero attached hydrogens (tertiary/aromatic N) is 1. The zero-order chi connectivity index (χ0) is 13.6. The summed E-state index contributed by atoms with van der Waals surface area (Å²) in [7, 11) is 2.18. The summed E-state index contributed by atoms with van der Waals surface area (Å²) in [5, 5.41) is 13.1. The summed E-state index contributed by atoms with van der Waals surface area (Å²) in [5.41, 5.74) is 0.380. The van der Waals surface area contributed by atoms with Crippen LogP contribution in [-0.4, -0.2) is 62.0 Å². The Kier molecular flexibility index (Phi) is 6.57. The van der Waals surface area contributed by atoms with Gasteiger partial charge in [-0.2, -0.15) is 0 Å². The maximum atomic E-state index is 9.76. The molecule has 0 spiro atoms.